The number of piperidine rings is 1. The van der Waals surface area contributed by atoms with Gasteiger partial charge in [0, 0.05) is 24.3 Å². The monoisotopic (exact) mass is 373 g/mol. The number of carbonyl (C=O) groups excluding carboxylic acids is 2. The van der Waals surface area contributed by atoms with E-state index in [0.717, 1.165) is 31.5 Å². The topological polar surface area (TPSA) is 86.3 Å². The molecule has 1 atom stereocenters. The van der Waals surface area contributed by atoms with E-state index in [4.69, 9.17) is 4.74 Å². The smallest absolute Gasteiger partial charge is 0.321 e. The van der Waals surface area contributed by atoms with E-state index < -0.39 is 0 Å². The lowest BCUT2D eigenvalue weighted by molar-refractivity contribution is -0.124. The quantitative estimate of drug-likeness (QED) is 0.841. The first-order valence-corrected chi connectivity index (χ1v) is 9.26. The lowest BCUT2D eigenvalue weighted by atomic mass is 9.90. The van der Waals surface area contributed by atoms with Gasteiger partial charge in [0.05, 0.1) is 0 Å². The van der Waals surface area contributed by atoms with Crippen LogP contribution in [0.25, 0.3) is 0 Å². The number of benzene rings is 1. The molecule has 2 N–H and O–H groups in total. The van der Waals surface area contributed by atoms with Gasteiger partial charge < -0.3 is 19.9 Å². The first-order valence-electron chi connectivity index (χ1n) is 9.26. The lowest BCUT2D eigenvalue weighted by Crippen LogP contribution is -2.45. The minimum absolute atomic E-state index is 0.0447. The second-order valence-corrected chi connectivity index (χ2v) is 7.24. The number of carbonyl (C=O) groups is 2. The van der Waals surface area contributed by atoms with Gasteiger partial charge in [-0.2, -0.15) is 0 Å². The van der Waals surface area contributed by atoms with Crippen LogP contribution < -0.4 is 10.7 Å². The highest BCUT2D eigenvalue weighted by Crippen LogP contribution is 2.23. The highest BCUT2D eigenvalue weighted by Gasteiger charge is 2.27. The summed E-state index contributed by atoms with van der Waals surface area (Å²) in [6, 6.07) is 7.26. The van der Waals surface area contributed by atoms with Crippen molar-refractivity contribution in [3.63, 3.8) is 0 Å². The number of hydrogen-bond donors (Lipinski definition) is 2. The largest absolute Gasteiger partial charge is 0.466 e. The van der Waals surface area contributed by atoms with E-state index in [1.165, 1.54) is 0 Å². The molecule has 1 fully saturated rings. The van der Waals surface area contributed by atoms with Crippen LogP contribution in [0.4, 0.5) is 10.5 Å². The second-order valence-electron chi connectivity index (χ2n) is 7.24. The highest BCUT2D eigenvalue weighted by molar-refractivity contribution is 5.98. The first kappa shape index (κ1) is 19.2. The first-order chi connectivity index (χ1) is 12.9. The Labute approximate surface area is 159 Å². The number of amides is 3. The van der Waals surface area contributed by atoms with Crippen LogP contribution >= 0.6 is 0 Å². The number of nitrogens with zero attached hydrogens (tertiary/aromatic N) is 3. The molecule has 1 aromatic carbocycles. The van der Waals surface area contributed by atoms with Crippen molar-refractivity contribution >= 4 is 23.5 Å². The summed E-state index contributed by atoms with van der Waals surface area (Å²) in [6.45, 7) is 4.24. The molecule has 3 amide bonds. The third kappa shape index (κ3) is 4.77. The molecule has 0 saturated carbocycles. The van der Waals surface area contributed by atoms with Gasteiger partial charge in [-0.25, -0.2) is 10.2 Å². The number of ether oxygens (including phenoxy) is 1. The summed E-state index contributed by atoms with van der Waals surface area (Å²) in [7, 11) is 3.98. The van der Waals surface area contributed by atoms with Crippen LogP contribution in [0.15, 0.2) is 29.4 Å². The zero-order valence-corrected chi connectivity index (χ0v) is 16.1. The molecule has 0 aromatic heterocycles. The Morgan fingerprint density at radius 3 is 2.59 bits per heavy atom. The van der Waals surface area contributed by atoms with E-state index >= 15 is 0 Å². The van der Waals surface area contributed by atoms with Crippen LogP contribution in [0.5, 0.6) is 0 Å². The van der Waals surface area contributed by atoms with Crippen LogP contribution in [0.2, 0.25) is 0 Å². The summed E-state index contributed by atoms with van der Waals surface area (Å²) in [6.07, 6.45) is 2.23. The Bertz CT molecular complexity index is 711. The van der Waals surface area contributed by atoms with E-state index in [9.17, 15) is 9.59 Å². The molecule has 1 aromatic rings. The van der Waals surface area contributed by atoms with Crippen molar-refractivity contribution in [2.24, 2.45) is 11.0 Å². The van der Waals surface area contributed by atoms with E-state index in [1.54, 1.807) is 29.2 Å². The molecular formula is C19H27N5O3. The molecule has 2 aliphatic rings. The van der Waals surface area contributed by atoms with E-state index in [2.05, 4.69) is 34.7 Å². The van der Waals surface area contributed by atoms with E-state index in [-0.39, 0.29) is 24.6 Å². The molecule has 2 aliphatic heterocycles. The normalized spacial score (nSPS) is 19.5. The predicted octanol–water partition coefficient (Wildman–Crippen LogP) is 1.69. The molecule has 27 heavy (non-hydrogen) atoms. The molecule has 8 nitrogen and oxygen atoms in total. The van der Waals surface area contributed by atoms with Crippen LogP contribution in [0.1, 0.15) is 25.3 Å². The number of likely N-dealkylation sites (tertiary alicyclic amines) is 1. The van der Waals surface area contributed by atoms with Crippen molar-refractivity contribution in [2.45, 2.75) is 25.8 Å². The maximum absolute atomic E-state index is 12.6. The SMILES string of the molecule is CC(C1CCN(C)CC1)N(C)C(=O)Nc1ccc(C2=NNC(=O)CO2)cc1. The van der Waals surface area contributed by atoms with Gasteiger partial charge in [-0.15, -0.1) is 5.10 Å². The van der Waals surface area contributed by atoms with Crippen molar-refractivity contribution in [1.29, 1.82) is 0 Å². The minimum atomic E-state index is -0.274. The van der Waals surface area contributed by atoms with Crippen molar-refractivity contribution in [2.75, 3.05) is 39.1 Å². The maximum Gasteiger partial charge on any atom is 0.321 e. The molecule has 3 rings (SSSR count). The summed E-state index contributed by atoms with van der Waals surface area (Å²) < 4.78 is 5.28. The van der Waals surface area contributed by atoms with Crippen molar-refractivity contribution in [3.8, 4) is 0 Å². The Morgan fingerprint density at radius 2 is 2.00 bits per heavy atom. The third-order valence-corrected chi connectivity index (χ3v) is 5.38. The van der Waals surface area contributed by atoms with Crippen molar-refractivity contribution < 1.29 is 14.3 Å². The molecule has 8 heteroatoms. The van der Waals surface area contributed by atoms with Gasteiger partial charge in [0.15, 0.2) is 6.61 Å². The molecule has 2 heterocycles. The molecule has 0 spiro atoms. The van der Waals surface area contributed by atoms with Crippen LogP contribution in [-0.4, -0.2) is 67.5 Å². The molecular weight excluding hydrogens is 346 g/mol. The summed E-state index contributed by atoms with van der Waals surface area (Å²) >= 11 is 0. The van der Waals surface area contributed by atoms with Gasteiger partial charge in [0.1, 0.15) is 0 Å². The molecule has 0 aliphatic carbocycles. The summed E-state index contributed by atoms with van der Waals surface area (Å²) in [5.74, 6) is 0.612. The van der Waals surface area contributed by atoms with Gasteiger partial charge >= 0.3 is 6.03 Å². The summed E-state index contributed by atoms with van der Waals surface area (Å²) in [5.41, 5.74) is 3.82. The lowest BCUT2D eigenvalue weighted by Gasteiger charge is -2.37. The van der Waals surface area contributed by atoms with Crippen molar-refractivity contribution in [3.05, 3.63) is 29.8 Å². The third-order valence-electron chi connectivity index (χ3n) is 5.38. The zero-order chi connectivity index (χ0) is 19.4. The number of nitrogens with one attached hydrogen (secondary N) is 2. The Balaban J connectivity index is 1.56. The average Bonchev–Trinajstić information content (AvgIpc) is 2.68. The fourth-order valence-corrected chi connectivity index (χ4v) is 3.38. The number of rotatable bonds is 4. The Morgan fingerprint density at radius 1 is 1.33 bits per heavy atom. The Kier molecular flexibility index (Phi) is 5.95. The number of anilines is 1. The van der Waals surface area contributed by atoms with Gasteiger partial charge in [-0.3, -0.25) is 4.79 Å². The van der Waals surface area contributed by atoms with E-state index in [0.29, 0.717) is 17.5 Å². The fraction of sp³-hybridized carbons (Fsp3) is 0.526. The number of hydrazone groups is 1. The van der Waals surface area contributed by atoms with Gasteiger partial charge in [-0.1, -0.05) is 0 Å². The standard InChI is InChI=1S/C19H27N5O3/c1-13(14-8-10-23(2)11-9-14)24(3)19(26)20-16-6-4-15(5-7-16)18-22-21-17(25)12-27-18/h4-7,13-14H,8-12H2,1-3H3,(H,20,26)(H,21,25). The minimum Gasteiger partial charge on any atom is -0.466 e. The number of hydrogen-bond acceptors (Lipinski definition) is 5. The average molecular weight is 373 g/mol. The highest BCUT2D eigenvalue weighted by atomic mass is 16.5. The Hall–Kier alpha value is -2.61. The van der Waals surface area contributed by atoms with Gasteiger partial charge in [0.2, 0.25) is 5.90 Å². The predicted molar refractivity (Wildman–Crippen MR) is 104 cm³/mol. The molecule has 0 bridgehead atoms. The van der Waals surface area contributed by atoms with Gasteiger partial charge in [0.25, 0.3) is 5.91 Å². The molecule has 0 radical (unpaired) electrons. The summed E-state index contributed by atoms with van der Waals surface area (Å²) in [4.78, 5) is 27.8. The molecule has 1 saturated heterocycles. The summed E-state index contributed by atoms with van der Waals surface area (Å²) in [5, 5.41) is 6.81. The van der Waals surface area contributed by atoms with Crippen LogP contribution in [0, 0.1) is 5.92 Å². The van der Waals surface area contributed by atoms with E-state index in [1.807, 2.05) is 7.05 Å². The van der Waals surface area contributed by atoms with Crippen LogP contribution in [-0.2, 0) is 9.53 Å². The van der Waals surface area contributed by atoms with Gasteiger partial charge in [-0.05, 0) is 70.1 Å². The fourth-order valence-electron chi connectivity index (χ4n) is 3.38. The molecule has 146 valence electrons. The molecule has 1 unspecified atom stereocenters. The second kappa shape index (κ2) is 8.39. The number of urea groups is 1. The zero-order valence-electron chi connectivity index (χ0n) is 16.1. The van der Waals surface area contributed by atoms with Crippen LogP contribution in [0.3, 0.4) is 0 Å². The maximum atomic E-state index is 12.6. The van der Waals surface area contributed by atoms with Crippen molar-refractivity contribution in [1.82, 2.24) is 15.2 Å².